The van der Waals surface area contributed by atoms with Gasteiger partial charge in [0.15, 0.2) is 0 Å². The summed E-state index contributed by atoms with van der Waals surface area (Å²) >= 11 is 0. The molecule has 0 spiro atoms. The Morgan fingerprint density at radius 2 is 1.62 bits per heavy atom. The zero-order chi connectivity index (χ0) is 43.9. The second-order valence-electron chi connectivity index (χ2n) is 16.6. The number of unbranched alkanes of at least 4 members (excludes halogenated alkanes) is 2. The molecule has 2 aliphatic carbocycles. The van der Waals surface area contributed by atoms with Crippen LogP contribution in [0.15, 0.2) is 96.2 Å². The highest BCUT2D eigenvalue weighted by Gasteiger charge is 2.65. The Balaban J connectivity index is 1.55. The highest BCUT2D eigenvalue weighted by molar-refractivity contribution is 6.03. The molecule has 6 atom stereocenters. The van der Waals surface area contributed by atoms with Gasteiger partial charge in [-0.1, -0.05) is 36.2 Å². The number of ether oxygens (including phenoxy) is 4. The van der Waals surface area contributed by atoms with Gasteiger partial charge in [0, 0.05) is 56.4 Å². The van der Waals surface area contributed by atoms with Crippen LogP contribution in [-0.4, -0.2) is 81.1 Å². The van der Waals surface area contributed by atoms with Gasteiger partial charge >= 0.3 is 6.09 Å². The molecule has 1 heterocycles. The molecule has 16 nitrogen and oxygen atoms in total. The molecule has 61 heavy (non-hydrogen) atoms. The first-order valence-corrected chi connectivity index (χ1v) is 20.6. The van der Waals surface area contributed by atoms with Crippen molar-refractivity contribution in [2.45, 2.75) is 89.1 Å². The number of carbonyl (C=O) groups excluding carboxylic acids is 1. The second-order valence-corrected chi connectivity index (χ2v) is 16.6. The van der Waals surface area contributed by atoms with Gasteiger partial charge in [-0.05, 0) is 100 Å². The maximum absolute atomic E-state index is 14.2. The number of oxime groups is 1. The Labute approximate surface area is 354 Å². The second kappa shape index (κ2) is 19.3. The van der Waals surface area contributed by atoms with E-state index < -0.39 is 39.3 Å². The molecular formula is C45H54N4O12. The van der Waals surface area contributed by atoms with Gasteiger partial charge in [-0.25, -0.2) is 4.79 Å². The number of amides is 1. The molecule has 1 saturated carbocycles. The minimum absolute atomic E-state index is 0.0212. The van der Waals surface area contributed by atoms with Crippen LogP contribution < -0.4 is 14.2 Å². The third-order valence-corrected chi connectivity index (χ3v) is 11.3. The molecule has 3 aromatic rings. The molecule has 326 valence electrons. The van der Waals surface area contributed by atoms with Crippen LogP contribution in [-0.2, 0) is 9.57 Å². The number of aliphatic hydroxyl groups excluding tert-OH is 2. The third kappa shape index (κ3) is 10.0. The number of likely N-dealkylation sites (N-methyl/N-ethyl adjacent to an activating group) is 1. The molecule has 1 aliphatic heterocycles. The van der Waals surface area contributed by atoms with Crippen molar-refractivity contribution < 1.29 is 48.6 Å². The number of fused-ring (bicyclic) bond motifs is 2. The molecule has 0 radical (unpaired) electrons. The lowest BCUT2D eigenvalue weighted by Crippen LogP contribution is -2.69. The summed E-state index contributed by atoms with van der Waals surface area (Å²) in [6, 6.07) is 15.6. The van der Waals surface area contributed by atoms with Crippen LogP contribution in [0.5, 0.6) is 23.0 Å². The predicted molar refractivity (Wildman–Crippen MR) is 226 cm³/mol. The van der Waals surface area contributed by atoms with Gasteiger partial charge in [0.05, 0.1) is 34.1 Å². The first-order valence-electron chi connectivity index (χ1n) is 20.6. The Bertz CT molecular complexity index is 2130. The minimum atomic E-state index is -1.56. The molecule has 16 heteroatoms. The fourth-order valence-corrected chi connectivity index (χ4v) is 8.72. The summed E-state index contributed by atoms with van der Waals surface area (Å²) in [6.07, 6.45) is 7.29. The first-order chi connectivity index (χ1) is 29.2. The summed E-state index contributed by atoms with van der Waals surface area (Å²) in [4.78, 5) is 43.6. The summed E-state index contributed by atoms with van der Waals surface area (Å²) in [6.45, 7) is 9.72. The lowest BCUT2D eigenvalue weighted by molar-refractivity contribution is -0.385. The quantitative estimate of drug-likeness (QED) is 0.0533. The van der Waals surface area contributed by atoms with E-state index >= 15 is 0 Å². The molecule has 0 bridgehead atoms. The summed E-state index contributed by atoms with van der Waals surface area (Å²) < 4.78 is 26.1. The number of nitro benzene ring substituents is 2. The minimum Gasteiger partial charge on any atom is -0.459 e. The van der Waals surface area contributed by atoms with Crippen LogP contribution in [0.2, 0.25) is 0 Å². The van der Waals surface area contributed by atoms with Gasteiger partial charge in [-0.2, -0.15) is 0 Å². The van der Waals surface area contributed by atoms with Crippen LogP contribution >= 0.6 is 0 Å². The zero-order valence-electron chi connectivity index (χ0n) is 34.9. The first kappa shape index (κ1) is 44.7. The number of rotatable bonds is 18. The Kier molecular flexibility index (Phi) is 14.1. The fourth-order valence-electron chi connectivity index (χ4n) is 8.72. The van der Waals surface area contributed by atoms with E-state index in [1.807, 2.05) is 26.8 Å². The van der Waals surface area contributed by atoms with Crippen molar-refractivity contribution in [2.24, 2.45) is 22.9 Å². The van der Waals surface area contributed by atoms with Gasteiger partial charge < -0.3 is 38.9 Å². The summed E-state index contributed by atoms with van der Waals surface area (Å²) in [5.41, 5.74) is 1.26. The van der Waals surface area contributed by atoms with E-state index in [4.69, 9.17) is 28.9 Å². The van der Waals surface area contributed by atoms with Crippen LogP contribution in [0.4, 0.5) is 16.2 Å². The maximum Gasteiger partial charge on any atom is 0.415 e. The van der Waals surface area contributed by atoms with Crippen molar-refractivity contribution in [3.05, 3.63) is 117 Å². The molecule has 3 aliphatic rings. The normalized spacial score (nSPS) is 23.4. The lowest BCUT2D eigenvalue weighted by Gasteiger charge is -2.59. The van der Waals surface area contributed by atoms with Crippen molar-refractivity contribution in [2.75, 3.05) is 26.9 Å². The van der Waals surface area contributed by atoms with Crippen LogP contribution in [0.1, 0.15) is 77.2 Å². The standard InChI is InChI=1S/C45H54N4O12/c1-6-24-57-45-40(47(5)43(52)59-32-18-16-30(17-19-32)48(53)54)28-38(46-61-44(2,3)4)36-25-29(12-7-9-22-50)35(15-8-10-23-51)41(42(36)45)37-27-34(20-21-39(37)60-45)58-33-14-11-13-31(26-33)49(55)56/h6,11,13-14,16-21,25-27,29,35,40-42,50-51H,1,7-10,12,15,22-24,28H2,2-5H3/t29-,35+,40-,41+,42+,45+/m0/s1. The predicted octanol–water partition coefficient (Wildman–Crippen LogP) is 8.86. The molecule has 3 aromatic carbocycles. The number of non-ortho nitro benzene ring substituents is 2. The number of nitro groups is 2. The fraction of sp³-hybridized carbons (Fsp3) is 0.467. The molecule has 1 amide bonds. The highest BCUT2D eigenvalue weighted by atomic mass is 16.7. The summed E-state index contributed by atoms with van der Waals surface area (Å²) in [5, 5.41) is 47.4. The number of hydrogen-bond donors (Lipinski definition) is 2. The SMILES string of the molecule is C=CCO[C@@]12Oc3ccc(Oc4cccc([N+](=O)[O-])c4)cc3[C@H]3[C@H](CCCCO)[C@@H](CCCCO)C=C(C(=NOC(C)(C)C)C[C@@H]1N(C)C(=O)Oc1ccc([N+](=O)[O-])cc1)[C@H]32. The van der Waals surface area contributed by atoms with E-state index in [0.717, 1.165) is 24.0 Å². The Morgan fingerprint density at radius 1 is 0.951 bits per heavy atom. The number of nitrogens with zero attached hydrogens (tertiary/aromatic N) is 4. The average molecular weight is 843 g/mol. The maximum atomic E-state index is 14.2. The van der Waals surface area contributed by atoms with E-state index in [1.54, 1.807) is 37.4 Å². The highest BCUT2D eigenvalue weighted by Crippen LogP contribution is 2.62. The molecule has 6 rings (SSSR count). The summed E-state index contributed by atoms with van der Waals surface area (Å²) in [7, 11) is 1.58. The van der Waals surface area contributed by atoms with Gasteiger partial charge in [0.1, 0.15) is 34.6 Å². The van der Waals surface area contributed by atoms with Gasteiger partial charge in [-0.15, -0.1) is 6.58 Å². The number of allylic oxidation sites excluding steroid dienone is 1. The van der Waals surface area contributed by atoms with Crippen molar-refractivity contribution in [3.8, 4) is 23.0 Å². The number of carbonyl (C=O) groups is 1. The molecule has 2 N–H and O–H groups in total. The average Bonchev–Trinajstić information content (AvgIpc) is 3.23. The van der Waals surface area contributed by atoms with Crippen LogP contribution in [0.25, 0.3) is 0 Å². The molecule has 0 unspecified atom stereocenters. The van der Waals surface area contributed by atoms with Crippen molar-refractivity contribution in [1.82, 2.24) is 4.90 Å². The van der Waals surface area contributed by atoms with Crippen LogP contribution in [0, 0.1) is 38.0 Å². The molecule has 1 fully saturated rings. The molecule has 0 aromatic heterocycles. The Hall–Kier alpha value is -5.84. The van der Waals surface area contributed by atoms with E-state index in [0.29, 0.717) is 42.9 Å². The van der Waals surface area contributed by atoms with E-state index in [1.165, 1.54) is 41.3 Å². The monoisotopic (exact) mass is 842 g/mol. The van der Waals surface area contributed by atoms with Crippen molar-refractivity contribution in [3.63, 3.8) is 0 Å². The van der Waals surface area contributed by atoms with Crippen LogP contribution in [0.3, 0.4) is 0 Å². The largest absolute Gasteiger partial charge is 0.459 e. The van der Waals surface area contributed by atoms with Crippen molar-refractivity contribution in [1.29, 1.82) is 0 Å². The van der Waals surface area contributed by atoms with E-state index in [9.17, 15) is 35.2 Å². The van der Waals surface area contributed by atoms with Crippen molar-refractivity contribution >= 4 is 23.2 Å². The number of aliphatic hydroxyl groups is 2. The molecular weight excluding hydrogens is 789 g/mol. The topological polar surface area (TPSA) is 206 Å². The zero-order valence-corrected chi connectivity index (χ0v) is 34.9. The van der Waals surface area contributed by atoms with E-state index in [2.05, 4.69) is 12.7 Å². The third-order valence-electron chi connectivity index (χ3n) is 11.3. The smallest absolute Gasteiger partial charge is 0.415 e. The lowest BCUT2D eigenvalue weighted by atomic mass is 9.55. The Morgan fingerprint density at radius 3 is 2.28 bits per heavy atom. The number of benzene rings is 3. The molecule has 0 saturated heterocycles. The van der Waals surface area contributed by atoms with E-state index in [-0.39, 0.29) is 66.9 Å². The summed E-state index contributed by atoms with van der Waals surface area (Å²) in [5.74, 6) is -1.34. The number of hydrogen-bond acceptors (Lipinski definition) is 13. The van der Waals surface area contributed by atoms with Gasteiger partial charge in [0.25, 0.3) is 11.4 Å². The van der Waals surface area contributed by atoms with Gasteiger partial charge in [-0.3, -0.25) is 20.2 Å². The van der Waals surface area contributed by atoms with Gasteiger partial charge in [0.2, 0.25) is 5.79 Å².